The van der Waals surface area contributed by atoms with Crippen molar-refractivity contribution in [3.05, 3.63) is 107 Å². The van der Waals surface area contributed by atoms with Gasteiger partial charge < -0.3 is 14.8 Å². The molecule has 5 rings (SSSR count). The zero-order chi connectivity index (χ0) is 29.5. The van der Waals surface area contributed by atoms with Crippen molar-refractivity contribution in [3.63, 3.8) is 0 Å². The van der Waals surface area contributed by atoms with E-state index < -0.39 is 0 Å². The SMILES string of the molecule is COc1ccc(OC)c(-c2cc(-c3ccccc3)nc(SCCC(=O)Nc3cc(=O)n(-c4ccccc4)[nH]3)c2C#N)c1. The van der Waals surface area contributed by atoms with Crippen molar-refractivity contribution >= 4 is 23.5 Å². The maximum atomic E-state index is 12.8. The number of rotatable bonds is 10. The smallest absolute Gasteiger partial charge is 0.273 e. The van der Waals surface area contributed by atoms with E-state index in [1.807, 2.05) is 60.7 Å². The monoisotopic (exact) mass is 577 g/mol. The molecule has 3 aromatic carbocycles. The van der Waals surface area contributed by atoms with Gasteiger partial charge >= 0.3 is 0 Å². The van der Waals surface area contributed by atoms with Crippen molar-refractivity contribution in [1.29, 1.82) is 5.26 Å². The van der Waals surface area contributed by atoms with Crippen LogP contribution >= 0.6 is 11.8 Å². The van der Waals surface area contributed by atoms with Crippen LogP contribution in [0.4, 0.5) is 5.82 Å². The van der Waals surface area contributed by atoms with Crippen LogP contribution in [0, 0.1) is 11.3 Å². The van der Waals surface area contributed by atoms with E-state index in [-0.39, 0.29) is 17.9 Å². The molecular weight excluding hydrogens is 550 g/mol. The minimum Gasteiger partial charge on any atom is -0.497 e. The fourth-order valence-electron chi connectivity index (χ4n) is 4.41. The van der Waals surface area contributed by atoms with E-state index in [0.717, 1.165) is 5.56 Å². The number of H-pyrrole nitrogens is 1. The van der Waals surface area contributed by atoms with Gasteiger partial charge in [-0.2, -0.15) is 5.26 Å². The van der Waals surface area contributed by atoms with Crippen molar-refractivity contribution in [2.45, 2.75) is 11.4 Å². The summed E-state index contributed by atoms with van der Waals surface area (Å²) in [6, 6.07) is 29.7. The number of aromatic nitrogens is 3. The number of amides is 1. The van der Waals surface area contributed by atoms with Gasteiger partial charge in [-0.15, -0.1) is 11.8 Å². The summed E-state index contributed by atoms with van der Waals surface area (Å²) in [6.45, 7) is 0. The third-order valence-electron chi connectivity index (χ3n) is 6.44. The molecule has 10 heteroatoms. The van der Waals surface area contributed by atoms with Gasteiger partial charge in [0.1, 0.15) is 28.4 Å². The quantitative estimate of drug-likeness (QED) is 0.198. The van der Waals surface area contributed by atoms with Crippen molar-refractivity contribution in [1.82, 2.24) is 14.8 Å². The van der Waals surface area contributed by atoms with E-state index in [1.165, 1.54) is 22.5 Å². The van der Waals surface area contributed by atoms with Gasteiger partial charge in [-0.3, -0.25) is 14.7 Å². The lowest BCUT2D eigenvalue weighted by molar-refractivity contribution is -0.115. The maximum absolute atomic E-state index is 12.8. The van der Waals surface area contributed by atoms with Gasteiger partial charge in [-0.1, -0.05) is 48.5 Å². The Kier molecular flexibility index (Phi) is 8.70. The molecule has 2 heterocycles. The number of pyridine rings is 1. The van der Waals surface area contributed by atoms with Crippen LogP contribution in [0.5, 0.6) is 11.5 Å². The Morgan fingerprint density at radius 2 is 1.71 bits per heavy atom. The summed E-state index contributed by atoms with van der Waals surface area (Å²) >= 11 is 1.31. The number of methoxy groups -OCH3 is 2. The normalized spacial score (nSPS) is 10.6. The van der Waals surface area contributed by atoms with E-state index in [4.69, 9.17) is 14.5 Å². The van der Waals surface area contributed by atoms with E-state index in [9.17, 15) is 14.9 Å². The minimum absolute atomic E-state index is 0.128. The standard InChI is InChI=1S/C32H27N5O4S/c1-40-23-13-14-28(41-2)25(17-23)24-18-27(21-9-5-3-6-10-21)34-32(26(24)20-33)42-16-15-30(38)35-29-19-31(39)37(36-29)22-11-7-4-8-12-22/h3-14,17-19,36H,15-16H2,1-2H3,(H,35,38). The highest BCUT2D eigenvalue weighted by Gasteiger charge is 2.20. The number of anilines is 1. The number of hydrogen-bond acceptors (Lipinski definition) is 7. The fraction of sp³-hybridized carbons (Fsp3) is 0.125. The van der Waals surface area contributed by atoms with E-state index >= 15 is 0 Å². The number of aromatic amines is 1. The second-order valence-electron chi connectivity index (χ2n) is 9.10. The molecule has 0 spiro atoms. The molecule has 0 aliphatic rings. The van der Waals surface area contributed by atoms with Gasteiger partial charge in [0.2, 0.25) is 5.91 Å². The molecule has 9 nitrogen and oxygen atoms in total. The van der Waals surface area contributed by atoms with Crippen LogP contribution in [0.1, 0.15) is 12.0 Å². The first kappa shape index (κ1) is 28.3. The van der Waals surface area contributed by atoms with Crippen molar-refractivity contribution in [2.24, 2.45) is 0 Å². The van der Waals surface area contributed by atoms with Crippen LogP contribution in [0.2, 0.25) is 0 Å². The number of thioether (sulfide) groups is 1. The largest absolute Gasteiger partial charge is 0.497 e. The summed E-state index contributed by atoms with van der Waals surface area (Å²) in [4.78, 5) is 30.0. The zero-order valence-corrected chi connectivity index (χ0v) is 23.8. The van der Waals surface area contributed by atoms with Crippen molar-refractivity contribution in [3.8, 4) is 45.6 Å². The van der Waals surface area contributed by atoms with Gasteiger partial charge in [0.25, 0.3) is 5.56 Å². The van der Waals surface area contributed by atoms with Gasteiger partial charge in [0.15, 0.2) is 0 Å². The van der Waals surface area contributed by atoms with Gasteiger partial charge in [0.05, 0.1) is 31.2 Å². The highest BCUT2D eigenvalue weighted by molar-refractivity contribution is 7.99. The predicted octanol–water partition coefficient (Wildman–Crippen LogP) is 5.90. The lowest BCUT2D eigenvalue weighted by Gasteiger charge is -2.15. The Bertz CT molecular complexity index is 1810. The number of nitrogens with zero attached hydrogens (tertiary/aromatic N) is 3. The second kappa shape index (κ2) is 12.9. The van der Waals surface area contributed by atoms with Crippen molar-refractivity contribution in [2.75, 3.05) is 25.3 Å². The second-order valence-corrected chi connectivity index (χ2v) is 10.2. The zero-order valence-electron chi connectivity index (χ0n) is 23.0. The average molecular weight is 578 g/mol. The number of nitriles is 1. The number of hydrogen-bond donors (Lipinski definition) is 2. The van der Waals surface area contributed by atoms with Crippen molar-refractivity contribution < 1.29 is 14.3 Å². The molecule has 5 aromatic rings. The third-order valence-corrected chi connectivity index (χ3v) is 7.42. The van der Waals surface area contributed by atoms with Gasteiger partial charge in [0, 0.05) is 34.9 Å². The summed E-state index contributed by atoms with van der Waals surface area (Å²) in [5.41, 5.74) is 3.66. The van der Waals surface area contributed by atoms with Crippen LogP contribution in [-0.2, 0) is 4.79 Å². The third kappa shape index (κ3) is 6.22. The summed E-state index contributed by atoms with van der Waals surface area (Å²) in [6.07, 6.45) is 0.128. The van der Waals surface area contributed by atoms with Gasteiger partial charge in [-0.05, 0) is 36.4 Å². The first-order valence-electron chi connectivity index (χ1n) is 13.0. The maximum Gasteiger partial charge on any atom is 0.273 e. The molecular formula is C32H27N5O4S. The van der Waals surface area contributed by atoms with E-state index in [0.29, 0.717) is 56.2 Å². The van der Waals surface area contributed by atoms with Crippen LogP contribution in [0.3, 0.4) is 0 Å². The minimum atomic E-state index is -0.285. The highest BCUT2D eigenvalue weighted by Crippen LogP contribution is 2.40. The molecule has 1 amide bonds. The molecule has 42 heavy (non-hydrogen) atoms. The Morgan fingerprint density at radius 1 is 0.976 bits per heavy atom. The summed E-state index contributed by atoms with van der Waals surface area (Å²) < 4.78 is 12.4. The molecule has 2 N–H and O–H groups in total. The highest BCUT2D eigenvalue weighted by atomic mass is 32.2. The molecule has 2 aromatic heterocycles. The van der Waals surface area contributed by atoms with Crippen LogP contribution in [0.25, 0.3) is 28.1 Å². The first-order valence-corrected chi connectivity index (χ1v) is 14.0. The number of carbonyl (C=O) groups is 1. The summed E-state index contributed by atoms with van der Waals surface area (Å²) in [7, 11) is 3.16. The topological polar surface area (TPSA) is 122 Å². The Labute approximate surface area is 246 Å². The number of carbonyl (C=O) groups excluding carboxylic acids is 1. The Morgan fingerprint density at radius 3 is 2.40 bits per heavy atom. The van der Waals surface area contributed by atoms with E-state index in [1.54, 1.807) is 38.5 Å². The molecule has 0 aliphatic carbocycles. The molecule has 0 radical (unpaired) electrons. The lowest BCUT2D eigenvalue weighted by atomic mass is 9.98. The molecule has 0 unspecified atom stereocenters. The van der Waals surface area contributed by atoms with Crippen LogP contribution in [0.15, 0.2) is 101 Å². The molecule has 210 valence electrons. The summed E-state index contributed by atoms with van der Waals surface area (Å²) in [5, 5.41) is 16.4. The average Bonchev–Trinajstić information content (AvgIpc) is 3.40. The van der Waals surface area contributed by atoms with Crippen LogP contribution < -0.4 is 20.3 Å². The van der Waals surface area contributed by atoms with Gasteiger partial charge in [-0.25, -0.2) is 9.67 Å². The predicted molar refractivity (Wildman–Crippen MR) is 163 cm³/mol. The van der Waals surface area contributed by atoms with E-state index in [2.05, 4.69) is 16.5 Å². The number of nitrogens with one attached hydrogen (secondary N) is 2. The Hall–Kier alpha value is -5.27. The molecule has 0 aliphatic heterocycles. The molecule has 0 bridgehead atoms. The molecule has 0 saturated heterocycles. The molecule has 0 atom stereocenters. The van der Waals surface area contributed by atoms with Crippen LogP contribution in [-0.4, -0.2) is 40.6 Å². The lowest BCUT2D eigenvalue weighted by Crippen LogP contribution is -2.14. The Balaban J connectivity index is 1.40. The fourth-order valence-corrected chi connectivity index (χ4v) is 5.35. The number of ether oxygens (including phenoxy) is 2. The number of benzene rings is 3. The first-order chi connectivity index (χ1) is 20.5. The molecule has 0 saturated carbocycles. The molecule has 0 fully saturated rings. The number of para-hydroxylation sites is 1. The summed E-state index contributed by atoms with van der Waals surface area (Å²) in [5.74, 6) is 1.58.